The lowest BCUT2D eigenvalue weighted by atomic mass is 9.98. The second kappa shape index (κ2) is 5.69. The van der Waals surface area contributed by atoms with E-state index in [-0.39, 0.29) is 5.95 Å². The molecule has 0 bridgehead atoms. The maximum atomic E-state index is 5.91. The van der Waals surface area contributed by atoms with Crippen molar-refractivity contribution in [1.82, 2.24) is 9.97 Å². The van der Waals surface area contributed by atoms with E-state index in [1.165, 1.54) is 5.56 Å². The quantitative estimate of drug-likeness (QED) is 0.907. The maximum absolute atomic E-state index is 5.91. The van der Waals surface area contributed by atoms with E-state index in [0.717, 1.165) is 17.7 Å². The summed E-state index contributed by atoms with van der Waals surface area (Å²) in [4.78, 5) is 8.08. The molecule has 0 aliphatic heterocycles. The highest BCUT2D eigenvalue weighted by Crippen LogP contribution is 2.32. The van der Waals surface area contributed by atoms with Gasteiger partial charge < -0.3 is 10.5 Å². The Morgan fingerprint density at radius 3 is 2.79 bits per heavy atom. The number of rotatable bonds is 4. The van der Waals surface area contributed by atoms with Crippen LogP contribution in [-0.2, 0) is 0 Å². The van der Waals surface area contributed by atoms with Crippen LogP contribution in [-0.4, -0.2) is 9.97 Å². The summed E-state index contributed by atoms with van der Waals surface area (Å²) in [6.45, 7) is 6.25. The van der Waals surface area contributed by atoms with Gasteiger partial charge >= 0.3 is 0 Å². The Morgan fingerprint density at radius 2 is 2.05 bits per heavy atom. The van der Waals surface area contributed by atoms with Gasteiger partial charge in [0.1, 0.15) is 5.75 Å². The highest BCUT2D eigenvalue weighted by Gasteiger charge is 2.12. The van der Waals surface area contributed by atoms with Gasteiger partial charge in [0, 0.05) is 11.8 Å². The van der Waals surface area contributed by atoms with E-state index >= 15 is 0 Å². The van der Waals surface area contributed by atoms with Crippen LogP contribution in [0.1, 0.15) is 37.3 Å². The summed E-state index contributed by atoms with van der Waals surface area (Å²) in [5.41, 5.74) is 7.65. The molecule has 1 unspecified atom stereocenters. The number of nitrogens with two attached hydrogens (primary N) is 1. The Balaban J connectivity index is 2.35. The molecule has 0 spiro atoms. The fourth-order valence-electron chi connectivity index (χ4n) is 1.85. The van der Waals surface area contributed by atoms with Crippen molar-refractivity contribution in [3.05, 3.63) is 41.6 Å². The fourth-order valence-corrected chi connectivity index (χ4v) is 1.85. The summed E-state index contributed by atoms with van der Waals surface area (Å²) in [5, 5.41) is 0. The Labute approximate surface area is 113 Å². The first-order valence-electron chi connectivity index (χ1n) is 6.47. The van der Waals surface area contributed by atoms with Crippen molar-refractivity contribution < 1.29 is 4.74 Å². The van der Waals surface area contributed by atoms with Gasteiger partial charge in [-0.2, -0.15) is 4.98 Å². The molecule has 1 heterocycles. The van der Waals surface area contributed by atoms with Gasteiger partial charge in [-0.25, -0.2) is 4.98 Å². The Bertz CT molecular complexity index is 569. The lowest BCUT2D eigenvalue weighted by molar-refractivity contribution is 0.448. The molecule has 1 aromatic heterocycles. The molecule has 0 aliphatic rings. The molecule has 0 amide bonds. The number of hydrogen-bond acceptors (Lipinski definition) is 4. The lowest BCUT2D eigenvalue weighted by Crippen LogP contribution is -2.01. The second-order valence-electron chi connectivity index (χ2n) is 4.67. The molecule has 0 radical (unpaired) electrons. The minimum Gasteiger partial charge on any atom is -0.438 e. The monoisotopic (exact) mass is 257 g/mol. The number of aryl methyl sites for hydroxylation is 1. The summed E-state index contributed by atoms with van der Waals surface area (Å²) < 4.78 is 5.91. The van der Waals surface area contributed by atoms with E-state index in [9.17, 15) is 0 Å². The minimum atomic E-state index is 0.224. The molecule has 2 rings (SSSR count). The maximum Gasteiger partial charge on any atom is 0.226 e. The molecule has 100 valence electrons. The first kappa shape index (κ1) is 13.3. The van der Waals surface area contributed by atoms with Gasteiger partial charge in [-0.3, -0.25) is 0 Å². The van der Waals surface area contributed by atoms with Gasteiger partial charge in [0.05, 0.1) is 0 Å². The highest BCUT2D eigenvalue weighted by atomic mass is 16.5. The average molecular weight is 257 g/mol. The number of benzene rings is 1. The normalized spacial score (nSPS) is 12.2. The zero-order valence-corrected chi connectivity index (χ0v) is 11.6. The van der Waals surface area contributed by atoms with E-state index in [4.69, 9.17) is 10.5 Å². The van der Waals surface area contributed by atoms with Crippen LogP contribution in [0.25, 0.3) is 0 Å². The molecule has 0 aliphatic carbocycles. The number of para-hydroxylation sites is 1. The topological polar surface area (TPSA) is 61.0 Å². The third-order valence-electron chi connectivity index (χ3n) is 3.21. The first-order valence-corrected chi connectivity index (χ1v) is 6.47. The number of anilines is 1. The van der Waals surface area contributed by atoms with Crippen molar-refractivity contribution in [3.8, 4) is 11.6 Å². The standard InChI is InChI=1S/C15H19N3O/c1-4-10(2)12-7-5-6-8-13(12)19-14-11(3)9-17-15(16)18-14/h5-10H,4H2,1-3H3,(H2,16,17,18). The van der Waals surface area contributed by atoms with Crippen molar-refractivity contribution in [2.75, 3.05) is 5.73 Å². The minimum absolute atomic E-state index is 0.224. The third kappa shape index (κ3) is 3.02. The summed E-state index contributed by atoms with van der Waals surface area (Å²) in [5.74, 6) is 2.01. The van der Waals surface area contributed by atoms with E-state index in [1.807, 2.05) is 25.1 Å². The van der Waals surface area contributed by atoms with E-state index in [2.05, 4.69) is 29.9 Å². The Hall–Kier alpha value is -2.10. The highest BCUT2D eigenvalue weighted by molar-refractivity contribution is 5.40. The van der Waals surface area contributed by atoms with Crippen LogP contribution in [0.5, 0.6) is 11.6 Å². The van der Waals surface area contributed by atoms with E-state index in [1.54, 1.807) is 6.20 Å². The number of nitrogen functional groups attached to an aromatic ring is 1. The summed E-state index contributed by atoms with van der Waals surface area (Å²) in [6.07, 6.45) is 2.73. The SMILES string of the molecule is CCC(C)c1ccccc1Oc1nc(N)ncc1C. The molecular formula is C15H19N3O. The van der Waals surface area contributed by atoms with Gasteiger partial charge in [0.2, 0.25) is 11.8 Å². The zero-order valence-electron chi connectivity index (χ0n) is 11.6. The number of hydrogen-bond donors (Lipinski definition) is 1. The van der Waals surface area contributed by atoms with Gasteiger partial charge in [0.15, 0.2) is 0 Å². The van der Waals surface area contributed by atoms with E-state index < -0.39 is 0 Å². The van der Waals surface area contributed by atoms with Crippen molar-refractivity contribution in [2.45, 2.75) is 33.1 Å². The molecule has 1 aromatic carbocycles. The van der Waals surface area contributed by atoms with Gasteiger partial charge in [0.25, 0.3) is 0 Å². The number of aromatic nitrogens is 2. The van der Waals surface area contributed by atoms with Crippen molar-refractivity contribution in [3.63, 3.8) is 0 Å². The number of nitrogens with zero attached hydrogens (tertiary/aromatic N) is 2. The van der Waals surface area contributed by atoms with Gasteiger partial charge in [-0.15, -0.1) is 0 Å². The van der Waals surface area contributed by atoms with Crippen LogP contribution >= 0.6 is 0 Å². The van der Waals surface area contributed by atoms with Crippen LogP contribution < -0.4 is 10.5 Å². The summed E-state index contributed by atoms with van der Waals surface area (Å²) in [7, 11) is 0. The van der Waals surface area contributed by atoms with Gasteiger partial charge in [-0.05, 0) is 30.9 Å². The second-order valence-corrected chi connectivity index (χ2v) is 4.67. The predicted octanol–water partition coefficient (Wildman–Crippen LogP) is 3.67. The van der Waals surface area contributed by atoms with E-state index in [0.29, 0.717) is 11.8 Å². The van der Waals surface area contributed by atoms with Crippen molar-refractivity contribution in [1.29, 1.82) is 0 Å². The van der Waals surface area contributed by atoms with Crippen LogP contribution in [0.3, 0.4) is 0 Å². The van der Waals surface area contributed by atoms with Crippen molar-refractivity contribution in [2.24, 2.45) is 0 Å². The smallest absolute Gasteiger partial charge is 0.226 e. The predicted molar refractivity (Wildman–Crippen MR) is 76.4 cm³/mol. The molecule has 0 saturated carbocycles. The molecule has 19 heavy (non-hydrogen) atoms. The van der Waals surface area contributed by atoms with Crippen molar-refractivity contribution >= 4 is 5.95 Å². The summed E-state index contributed by atoms with van der Waals surface area (Å²) in [6, 6.07) is 8.03. The largest absolute Gasteiger partial charge is 0.438 e. The average Bonchev–Trinajstić information content (AvgIpc) is 2.42. The van der Waals surface area contributed by atoms with Crippen LogP contribution in [0.4, 0.5) is 5.95 Å². The van der Waals surface area contributed by atoms with Crippen LogP contribution in [0.2, 0.25) is 0 Å². The fraction of sp³-hybridized carbons (Fsp3) is 0.333. The third-order valence-corrected chi connectivity index (χ3v) is 3.21. The van der Waals surface area contributed by atoms with Gasteiger partial charge in [-0.1, -0.05) is 32.0 Å². The molecule has 0 fully saturated rings. The Kier molecular flexibility index (Phi) is 4.00. The summed E-state index contributed by atoms with van der Waals surface area (Å²) >= 11 is 0. The lowest BCUT2D eigenvalue weighted by Gasteiger charge is -2.15. The molecular weight excluding hydrogens is 238 g/mol. The molecule has 0 saturated heterocycles. The Morgan fingerprint density at radius 1 is 1.32 bits per heavy atom. The molecule has 1 atom stereocenters. The van der Waals surface area contributed by atoms with Crippen LogP contribution in [0.15, 0.2) is 30.5 Å². The molecule has 2 N–H and O–H groups in total. The zero-order chi connectivity index (χ0) is 13.8. The first-order chi connectivity index (χ1) is 9.11. The molecule has 2 aromatic rings. The van der Waals surface area contributed by atoms with Crippen LogP contribution in [0, 0.1) is 6.92 Å². The molecule has 4 heteroatoms. The number of ether oxygens (including phenoxy) is 1. The molecule has 4 nitrogen and oxygen atoms in total.